The van der Waals surface area contributed by atoms with Gasteiger partial charge in [-0.15, -0.1) is 0 Å². The molecule has 0 bridgehead atoms. The molecule has 0 spiro atoms. The van der Waals surface area contributed by atoms with Crippen LogP contribution in [0.5, 0.6) is 17.2 Å². The second kappa shape index (κ2) is 6.26. The van der Waals surface area contributed by atoms with Crippen molar-refractivity contribution in [2.75, 3.05) is 21.3 Å². The van der Waals surface area contributed by atoms with E-state index in [0.717, 1.165) is 0 Å². The average Bonchev–Trinajstić information content (AvgIpc) is 2.43. The molecule has 0 fully saturated rings. The van der Waals surface area contributed by atoms with E-state index in [2.05, 4.69) is 0 Å². The quantitative estimate of drug-likeness (QED) is 0.782. The molecule has 1 N–H and O–H groups in total. The van der Waals surface area contributed by atoms with Crippen molar-refractivity contribution in [1.82, 2.24) is 0 Å². The smallest absolute Gasteiger partial charge is 0.203 e. The van der Waals surface area contributed by atoms with Gasteiger partial charge in [0.25, 0.3) is 0 Å². The maximum absolute atomic E-state index is 11.9. The van der Waals surface area contributed by atoms with Crippen LogP contribution in [0.3, 0.4) is 0 Å². The van der Waals surface area contributed by atoms with E-state index in [1.54, 1.807) is 6.92 Å². The van der Waals surface area contributed by atoms with E-state index in [-0.39, 0.29) is 5.78 Å². The van der Waals surface area contributed by atoms with Gasteiger partial charge in [-0.25, -0.2) is 0 Å². The molecular weight excluding hydrogens is 236 g/mol. The third-order valence-electron chi connectivity index (χ3n) is 2.64. The van der Waals surface area contributed by atoms with Crippen molar-refractivity contribution in [2.24, 2.45) is 0 Å². The van der Waals surface area contributed by atoms with Gasteiger partial charge in [0, 0.05) is 5.56 Å². The van der Waals surface area contributed by atoms with E-state index in [9.17, 15) is 9.90 Å². The minimum atomic E-state index is -1.02. The molecule has 0 radical (unpaired) electrons. The Balaban J connectivity index is 3.27. The van der Waals surface area contributed by atoms with E-state index in [4.69, 9.17) is 14.2 Å². The van der Waals surface area contributed by atoms with Crippen LogP contribution in [0.25, 0.3) is 0 Å². The molecule has 0 aliphatic carbocycles. The van der Waals surface area contributed by atoms with Crippen LogP contribution in [-0.2, 0) is 0 Å². The molecule has 18 heavy (non-hydrogen) atoms. The number of aliphatic hydroxyl groups is 1. The van der Waals surface area contributed by atoms with Crippen LogP contribution in [0.2, 0.25) is 0 Å². The molecule has 0 heterocycles. The number of ketones is 1. The van der Waals surface area contributed by atoms with Gasteiger partial charge in [0.2, 0.25) is 5.75 Å². The highest BCUT2D eigenvalue weighted by Gasteiger charge is 2.20. The molecule has 1 atom stereocenters. The van der Waals surface area contributed by atoms with Crippen molar-refractivity contribution in [3.8, 4) is 17.2 Å². The lowest BCUT2D eigenvalue weighted by Crippen LogP contribution is -2.19. The minimum absolute atomic E-state index is 0.332. The lowest BCUT2D eigenvalue weighted by molar-refractivity contribution is 0.0740. The predicted octanol–water partition coefficient (Wildman–Crippen LogP) is 1.67. The third-order valence-corrected chi connectivity index (χ3v) is 2.64. The van der Waals surface area contributed by atoms with Gasteiger partial charge >= 0.3 is 0 Å². The monoisotopic (exact) mass is 254 g/mol. The summed E-state index contributed by atoms with van der Waals surface area (Å²) in [6.45, 7) is 1.74. The van der Waals surface area contributed by atoms with E-state index in [0.29, 0.717) is 29.2 Å². The Hall–Kier alpha value is -1.75. The first-order valence-corrected chi connectivity index (χ1v) is 5.61. The van der Waals surface area contributed by atoms with Gasteiger partial charge in [-0.1, -0.05) is 6.92 Å². The summed E-state index contributed by atoms with van der Waals surface area (Å²) in [6.07, 6.45) is -0.664. The van der Waals surface area contributed by atoms with E-state index in [1.165, 1.54) is 33.5 Å². The van der Waals surface area contributed by atoms with Crippen LogP contribution in [-0.4, -0.2) is 38.3 Å². The van der Waals surface area contributed by atoms with Gasteiger partial charge in [-0.05, 0) is 18.6 Å². The molecule has 1 aromatic rings. The largest absolute Gasteiger partial charge is 0.493 e. The Kier molecular flexibility index (Phi) is 4.97. The number of hydrogen-bond acceptors (Lipinski definition) is 5. The number of methoxy groups -OCH3 is 3. The molecule has 100 valence electrons. The first-order chi connectivity index (χ1) is 8.58. The lowest BCUT2D eigenvalue weighted by Gasteiger charge is -2.14. The first kappa shape index (κ1) is 14.3. The van der Waals surface area contributed by atoms with Gasteiger partial charge < -0.3 is 19.3 Å². The SMILES string of the molecule is CCC(O)C(=O)c1cc(OC)c(OC)c(OC)c1. The molecule has 0 saturated heterocycles. The Morgan fingerprint density at radius 3 is 2.00 bits per heavy atom. The van der Waals surface area contributed by atoms with Crippen molar-refractivity contribution in [2.45, 2.75) is 19.4 Å². The van der Waals surface area contributed by atoms with Crippen molar-refractivity contribution < 1.29 is 24.1 Å². The molecule has 0 aliphatic heterocycles. The van der Waals surface area contributed by atoms with Crippen LogP contribution in [0.1, 0.15) is 23.7 Å². The van der Waals surface area contributed by atoms with Gasteiger partial charge in [0.1, 0.15) is 6.10 Å². The number of hydrogen-bond donors (Lipinski definition) is 1. The normalized spacial score (nSPS) is 11.8. The number of benzene rings is 1. The highest BCUT2D eigenvalue weighted by molar-refractivity contribution is 6.00. The number of Topliss-reactive ketones (excluding diaryl/α,β-unsaturated/α-hetero) is 1. The molecule has 0 saturated carbocycles. The Labute approximate surface area is 106 Å². The average molecular weight is 254 g/mol. The second-order valence-corrected chi connectivity index (χ2v) is 3.70. The Bertz CT molecular complexity index is 402. The molecule has 0 aromatic heterocycles. The molecule has 1 unspecified atom stereocenters. The van der Waals surface area contributed by atoms with Crippen molar-refractivity contribution in [3.05, 3.63) is 17.7 Å². The van der Waals surface area contributed by atoms with E-state index >= 15 is 0 Å². The molecule has 5 nitrogen and oxygen atoms in total. The first-order valence-electron chi connectivity index (χ1n) is 5.61. The topological polar surface area (TPSA) is 65.0 Å². The van der Waals surface area contributed by atoms with Crippen LogP contribution >= 0.6 is 0 Å². The maximum Gasteiger partial charge on any atom is 0.203 e. The number of ether oxygens (including phenoxy) is 3. The highest BCUT2D eigenvalue weighted by Crippen LogP contribution is 2.38. The van der Waals surface area contributed by atoms with Crippen LogP contribution in [0.4, 0.5) is 0 Å². The summed E-state index contributed by atoms with van der Waals surface area (Å²) in [5.74, 6) is 0.839. The summed E-state index contributed by atoms with van der Waals surface area (Å²) < 4.78 is 15.4. The zero-order valence-electron chi connectivity index (χ0n) is 11.0. The number of carbonyl (C=O) groups excluding carboxylic acids is 1. The highest BCUT2D eigenvalue weighted by atomic mass is 16.5. The van der Waals surface area contributed by atoms with Crippen LogP contribution in [0.15, 0.2) is 12.1 Å². The van der Waals surface area contributed by atoms with Crippen molar-refractivity contribution in [1.29, 1.82) is 0 Å². The van der Waals surface area contributed by atoms with Gasteiger partial charge in [-0.2, -0.15) is 0 Å². The molecule has 0 aliphatic rings. The van der Waals surface area contributed by atoms with Gasteiger partial charge in [-0.3, -0.25) is 4.79 Å². The standard InChI is InChI=1S/C13H18O5/c1-5-9(14)12(15)8-6-10(16-2)13(18-4)11(7-8)17-3/h6-7,9,14H,5H2,1-4H3. The van der Waals surface area contributed by atoms with Gasteiger partial charge in [0.15, 0.2) is 17.3 Å². The Morgan fingerprint density at radius 1 is 1.17 bits per heavy atom. The van der Waals surface area contributed by atoms with E-state index in [1.807, 2.05) is 0 Å². The van der Waals surface area contributed by atoms with E-state index < -0.39 is 6.10 Å². The summed E-state index contributed by atoms with van der Waals surface area (Å²) in [7, 11) is 4.44. The van der Waals surface area contributed by atoms with Crippen molar-refractivity contribution >= 4 is 5.78 Å². The molecule has 1 rings (SSSR count). The summed E-state index contributed by atoms with van der Waals surface area (Å²) in [5, 5.41) is 9.57. The van der Waals surface area contributed by atoms with Crippen LogP contribution in [0, 0.1) is 0 Å². The lowest BCUT2D eigenvalue weighted by atomic mass is 10.0. The fourth-order valence-electron chi connectivity index (χ4n) is 1.60. The summed E-state index contributed by atoms with van der Waals surface area (Å²) >= 11 is 0. The Morgan fingerprint density at radius 2 is 1.67 bits per heavy atom. The summed E-state index contributed by atoms with van der Waals surface area (Å²) in [4.78, 5) is 11.9. The maximum atomic E-state index is 11.9. The molecule has 5 heteroatoms. The fraction of sp³-hybridized carbons (Fsp3) is 0.462. The zero-order chi connectivity index (χ0) is 13.7. The third kappa shape index (κ3) is 2.73. The molecular formula is C13H18O5. The molecule has 1 aromatic carbocycles. The number of rotatable bonds is 6. The predicted molar refractivity (Wildman–Crippen MR) is 66.7 cm³/mol. The van der Waals surface area contributed by atoms with Crippen LogP contribution < -0.4 is 14.2 Å². The van der Waals surface area contributed by atoms with Gasteiger partial charge in [0.05, 0.1) is 21.3 Å². The second-order valence-electron chi connectivity index (χ2n) is 3.70. The summed E-state index contributed by atoms with van der Waals surface area (Å²) in [5.41, 5.74) is 0.332. The number of aliphatic hydroxyl groups excluding tert-OH is 1. The van der Waals surface area contributed by atoms with Crippen molar-refractivity contribution in [3.63, 3.8) is 0 Å². The minimum Gasteiger partial charge on any atom is -0.493 e. The zero-order valence-corrected chi connectivity index (χ0v) is 11.0. The summed E-state index contributed by atoms with van der Waals surface area (Å²) in [6, 6.07) is 3.06. The molecule has 0 amide bonds. The number of carbonyl (C=O) groups is 1. The fourth-order valence-corrected chi connectivity index (χ4v) is 1.60.